The molecule has 1 N–H and O–H groups in total. The van der Waals surface area contributed by atoms with Gasteiger partial charge < -0.3 is 24.4 Å². The van der Waals surface area contributed by atoms with E-state index in [0.29, 0.717) is 5.56 Å². The number of esters is 3. The number of hydrogen-bond acceptors (Lipinski definition) is 8. The molecule has 0 saturated carbocycles. The maximum atomic E-state index is 12.2. The Kier molecular flexibility index (Phi) is 8.76. The van der Waals surface area contributed by atoms with Crippen LogP contribution in [-0.2, 0) is 19.0 Å². The number of nitrogens with one attached hydrogen (secondary N) is 1. The highest BCUT2D eigenvalue weighted by Crippen LogP contribution is 2.18. The molecule has 0 radical (unpaired) electrons. The van der Waals surface area contributed by atoms with E-state index in [4.69, 9.17) is 4.74 Å². The van der Waals surface area contributed by atoms with Gasteiger partial charge in [0.15, 0.2) is 6.61 Å². The van der Waals surface area contributed by atoms with Crippen LogP contribution in [0.2, 0.25) is 0 Å². The molecule has 1 amide bonds. The van der Waals surface area contributed by atoms with Crippen molar-refractivity contribution in [3.05, 3.63) is 59.2 Å². The van der Waals surface area contributed by atoms with Gasteiger partial charge in [-0.2, -0.15) is 0 Å². The Morgan fingerprint density at radius 1 is 0.781 bits per heavy atom. The van der Waals surface area contributed by atoms with E-state index in [2.05, 4.69) is 19.7 Å². The summed E-state index contributed by atoms with van der Waals surface area (Å²) in [6.45, 7) is 5.22. The van der Waals surface area contributed by atoms with E-state index in [1.54, 1.807) is 12.1 Å². The number of anilines is 2. The van der Waals surface area contributed by atoms with Gasteiger partial charge in [0.05, 0.1) is 30.9 Å². The molecule has 32 heavy (non-hydrogen) atoms. The van der Waals surface area contributed by atoms with E-state index in [9.17, 15) is 19.2 Å². The molecule has 0 unspecified atom stereocenters. The number of amides is 1. The van der Waals surface area contributed by atoms with Gasteiger partial charge in [-0.25, -0.2) is 14.4 Å². The molecule has 0 aliphatic carbocycles. The van der Waals surface area contributed by atoms with Gasteiger partial charge in [-0.3, -0.25) is 4.79 Å². The van der Waals surface area contributed by atoms with Crippen molar-refractivity contribution in [3.63, 3.8) is 0 Å². The maximum Gasteiger partial charge on any atom is 0.338 e. The van der Waals surface area contributed by atoms with Crippen molar-refractivity contribution in [1.82, 2.24) is 0 Å². The molecule has 0 atom stereocenters. The minimum atomic E-state index is -0.689. The van der Waals surface area contributed by atoms with Crippen LogP contribution in [0.3, 0.4) is 0 Å². The Morgan fingerprint density at radius 2 is 1.31 bits per heavy atom. The van der Waals surface area contributed by atoms with Gasteiger partial charge in [0.1, 0.15) is 0 Å². The monoisotopic (exact) mass is 442 g/mol. The SMILES string of the molecule is CCN(CC)c1ccc(C(=O)OCC(=O)Nc2cc(C(=O)OC)cc(C(=O)OC)c2)cc1. The lowest BCUT2D eigenvalue weighted by atomic mass is 10.1. The van der Waals surface area contributed by atoms with Gasteiger partial charge in [0, 0.05) is 24.5 Å². The first-order valence-corrected chi connectivity index (χ1v) is 9.96. The van der Waals surface area contributed by atoms with Crippen LogP contribution in [0.1, 0.15) is 44.9 Å². The maximum absolute atomic E-state index is 12.2. The van der Waals surface area contributed by atoms with Crippen molar-refractivity contribution < 1.29 is 33.4 Å². The molecule has 0 aliphatic rings. The van der Waals surface area contributed by atoms with E-state index in [1.165, 1.54) is 32.4 Å². The molecule has 0 heterocycles. The van der Waals surface area contributed by atoms with Crippen molar-refractivity contribution in [3.8, 4) is 0 Å². The zero-order valence-corrected chi connectivity index (χ0v) is 18.5. The van der Waals surface area contributed by atoms with Gasteiger partial charge >= 0.3 is 17.9 Å². The van der Waals surface area contributed by atoms with E-state index >= 15 is 0 Å². The number of ether oxygens (including phenoxy) is 3. The highest BCUT2D eigenvalue weighted by Gasteiger charge is 2.16. The fourth-order valence-corrected chi connectivity index (χ4v) is 2.98. The molecule has 2 aromatic rings. The Morgan fingerprint density at radius 3 is 1.78 bits per heavy atom. The van der Waals surface area contributed by atoms with E-state index in [1.807, 2.05) is 26.0 Å². The lowest BCUT2D eigenvalue weighted by Crippen LogP contribution is -2.22. The summed E-state index contributed by atoms with van der Waals surface area (Å²) >= 11 is 0. The van der Waals surface area contributed by atoms with Gasteiger partial charge in [-0.05, 0) is 56.3 Å². The molecule has 9 heteroatoms. The molecule has 0 bridgehead atoms. The molecular formula is C23H26N2O7. The summed E-state index contributed by atoms with van der Waals surface area (Å²) in [7, 11) is 2.39. The predicted octanol–water partition coefficient (Wildman–Crippen LogP) is 2.90. The summed E-state index contributed by atoms with van der Waals surface area (Å²) in [6.07, 6.45) is 0. The minimum Gasteiger partial charge on any atom is -0.465 e. The second-order valence-electron chi connectivity index (χ2n) is 6.63. The topological polar surface area (TPSA) is 111 Å². The lowest BCUT2D eigenvalue weighted by molar-refractivity contribution is -0.119. The van der Waals surface area contributed by atoms with Crippen LogP contribution >= 0.6 is 0 Å². The van der Waals surface area contributed by atoms with Crippen molar-refractivity contribution in [1.29, 1.82) is 0 Å². The predicted molar refractivity (Wildman–Crippen MR) is 118 cm³/mol. The summed E-state index contributed by atoms with van der Waals surface area (Å²) in [5.74, 6) is -2.67. The average Bonchev–Trinajstić information content (AvgIpc) is 2.82. The highest BCUT2D eigenvalue weighted by atomic mass is 16.5. The van der Waals surface area contributed by atoms with Crippen LogP contribution in [0, 0.1) is 0 Å². The third-order valence-electron chi connectivity index (χ3n) is 4.62. The normalized spacial score (nSPS) is 10.1. The van der Waals surface area contributed by atoms with Gasteiger partial charge in [-0.1, -0.05) is 0 Å². The molecule has 2 aromatic carbocycles. The van der Waals surface area contributed by atoms with E-state index in [0.717, 1.165) is 18.8 Å². The molecule has 9 nitrogen and oxygen atoms in total. The zero-order chi connectivity index (χ0) is 23.7. The first-order chi connectivity index (χ1) is 15.3. The third-order valence-corrected chi connectivity index (χ3v) is 4.62. The summed E-state index contributed by atoms with van der Waals surface area (Å²) in [6, 6.07) is 10.9. The number of hydrogen-bond donors (Lipinski definition) is 1. The molecule has 0 fully saturated rings. The van der Waals surface area contributed by atoms with Crippen molar-refractivity contribution in [2.75, 3.05) is 44.1 Å². The number of benzene rings is 2. The second-order valence-corrected chi connectivity index (χ2v) is 6.63. The summed E-state index contributed by atoms with van der Waals surface area (Å²) in [5, 5.41) is 2.49. The molecule has 0 spiro atoms. The fraction of sp³-hybridized carbons (Fsp3) is 0.304. The van der Waals surface area contributed by atoms with Crippen LogP contribution in [0.25, 0.3) is 0 Å². The zero-order valence-electron chi connectivity index (χ0n) is 18.5. The third kappa shape index (κ3) is 6.31. The number of rotatable bonds is 9. The largest absolute Gasteiger partial charge is 0.465 e. The Hall–Kier alpha value is -3.88. The number of carbonyl (C=O) groups excluding carboxylic acids is 4. The van der Waals surface area contributed by atoms with Crippen molar-refractivity contribution >= 4 is 35.2 Å². The van der Waals surface area contributed by atoms with Gasteiger partial charge in [-0.15, -0.1) is 0 Å². The van der Waals surface area contributed by atoms with E-state index < -0.39 is 30.4 Å². The Balaban J connectivity index is 2.03. The lowest BCUT2D eigenvalue weighted by Gasteiger charge is -2.20. The Bertz CT molecular complexity index is 948. The minimum absolute atomic E-state index is 0.0518. The fourth-order valence-electron chi connectivity index (χ4n) is 2.98. The van der Waals surface area contributed by atoms with Gasteiger partial charge in [0.25, 0.3) is 5.91 Å². The van der Waals surface area contributed by atoms with Crippen LogP contribution in [0.5, 0.6) is 0 Å². The highest BCUT2D eigenvalue weighted by molar-refractivity contribution is 6.00. The number of carbonyl (C=O) groups is 4. The van der Waals surface area contributed by atoms with Crippen molar-refractivity contribution in [2.45, 2.75) is 13.8 Å². The van der Waals surface area contributed by atoms with Crippen molar-refractivity contribution in [2.24, 2.45) is 0 Å². The number of methoxy groups -OCH3 is 2. The summed E-state index contributed by atoms with van der Waals surface area (Å²) < 4.78 is 14.4. The van der Waals surface area contributed by atoms with E-state index in [-0.39, 0.29) is 16.8 Å². The van der Waals surface area contributed by atoms with Gasteiger partial charge in [0.2, 0.25) is 0 Å². The molecule has 0 saturated heterocycles. The molecule has 0 aromatic heterocycles. The smallest absolute Gasteiger partial charge is 0.338 e. The Labute approximate surface area is 186 Å². The van der Waals surface area contributed by atoms with Crippen LogP contribution in [-0.4, -0.2) is 57.7 Å². The van der Waals surface area contributed by atoms with Crippen LogP contribution in [0.4, 0.5) is 11.4 Å². The average molecular weight is 442 g/mol. The van der Waals surface area contributed by atoms with Crippen LogP contribution in [0.15, 0.2) is 42.5 Å². The quantitative estimate of drug-likeness (QED) is 0.466. The van der Waals surface area contributed by atoms with Crippen LogP contribution < -0.4 is 10.2 Å². The molecule has 170 valence electrons. The molecular weight excluding hydrogens is 416 g/mol. The standard InChI is InChI=1S/C23H26N2O7/c1-5-25(6-2)19-9-7-15(8-10-19)23(29)32-14-20(26)24-18-12-16(21(27)30-3)11-17(13-18)22(28)31-4/h7-13H,5-6,14H2,1-4H3,(H,24,26). The number of nitrogens with zero attached hydrogens (tertiary/aromatic N) is 1. The first kappa shape index (κ1) is 24.4. The summed E-state index contributed by atoms with van der Waals surface area (Å²) in [5.41, 5.74) is 1.55. The first-order valence-electron chi connectivity index (χ1n) is 9.96. The second kappa shape index (κ2) is 11.5. The molecule has 0 aliphatic heterocycles. The summed E-state index contributed by atoms with van der Waals surface area (Å²) in [4.78, 5) is 50.3. The molecule has 2 rings (SSSR count).